The fourth-order valence-electron chi connectivity index (χ4n) is 1.91. The van der Waals surface area contributed by atoms with Crippen molar-refractivity contribution in [1.29, 1.82) is 0 Å². The van der Waals surface area contributed by atoms with Crippen LogP contribution >= 0.6 is 0 Å². The Morgan fingerprint density at radius 3 is 2.60 bits per heavy atom. The summed E-state index contributed by atoms with van der Waals surface area (Å²) in [5.41, 5.74) is 0. The maximum atomic E-state index is 5.74. The van der Waals surface area contributed by atoms with Crippen LogP contribution < -0.4 is 5.32 Å². The third-order valence-corrected chi connectivity index (χ3v) is 2.69. The molecule has 0 saturated heterocycles. The van der Waals surface area contributed by atoms with E-state index < -0.39 is 0 Å². The highest BCUT2D eigenvalue weighted by Gasteiger charge is 2.41. The molecule has 0 aromatic rings. The van der Waals surface area contributed by atoms with Crippen LogP contribution in [0.15, 0.2) is 0 Å². The van der Waals surface area contributed by atoms with Crippen molar-refractivity contribution >= 4 is 0 Å². The molecule has 0 heterocycles. The Bertz CT molecular complexity index is 154. The monoisotopic (exact) mass is 217 g/mol. The zero-order valence-corrected chi connectivity index (χ0v) is 9.99. The molecule has 4 nitrogen and oxygen atoms in total. The first kappa shape index (κ1) is 12.9. The molecule has 15 heavy (non-hydrogen) atoms. The van der Waals surface area contributed by atoms with Crippen LogP contribution in [0.3, 0.4) is 0 Å². The van der Waals surface area contributed by atoms with Crippen LogP contribution in [0.2, 0.25) is 0 Å². The highest BCUT2D eigenvalue weighted by atomic mass is 16.6. The molecule has 0 spiro atoms. The van der Waals surface area contributed by atoms with E-state index in [1.165, 1.54) is 0 Å². The van der Waals surface area contributed by atoms with Crippen LogP contribution in [0.4, 0.5) is 0 Å². The van der Waals surface area contributed by atoms with Crippen molar-refractivity contribution in [1.82, 2.24) is 5.32 Å². The van der Waals surface area contributed by atoms with Crippen LogP contribution in [-0.2, 0) is 14.2 Å². The minimum Gasteiger partial charge on any atom is -0.382 e. The van der Waals surface area contributed by atoms with E-state index in [1.807, 2.05) is 6.92 Å². The molecule has 4 heteroatoms. The molecular weight excluding hydrogens is 194 g/mol. The van der Waals surface area contributed by atoms with Gasteiger partial charge in [0.15, 0.2) is 0 Å². The number of likely N-dealkylation sites (N-methyl/N-ethyl adjacent to an activating group) is 1. The van der Waals surface area contributed by atoms with Crippen molar-refractivity contribution in [3.05, 3.63) is 0 Å². The fourth-order valence-corrected chi connectivity index (χ4v) is 1.91. The molecule has 1 rings (SSSR count). The Morgan fingerprint density at radius 1 is 1.20 bits per heavy atom. The average molecular weight is 217 g/mol. The molecule has 0 bridgehead atoms. The summed E-state index contributed by atoms with van der Waals surface area (Å²) in [6, 6.07) is 0.448. The maximum absolute atomic E-state index is 5.74. The van der Waals surface area contributed by atoms with E-state index in [0.29, 0.717) is 19.3 Å². The van der Waals surface area contributed by atoms with Crippen LogP contribution in [0.1, 0.15) is 20.3 Å². The molecule has 0 aliphatic heterocycles. The van der Waals surface area contributed by atoms with Gasteiger partial charge in [-0.05, 0) is 19.9 Å². The lowest BCUT2D eigenvalue weighted by molar-refractivity contribution is -0.149. The molecule has 0 aromatic heterocycles. The summed E-state index contributed by atoms with van der Waals surface area (Å²) in [5.74, 6) is 0. The minimum absolute atomic E-state index is 0.194. The van der Waals surface area contributed by atoms with Gasteiger partial charge in [-0.15, -0.1) is 0 Å². The summed E-state index contributed by atoms with van der Waals surface area (Å²) in [4.78, 5) is 0. The van der Waals surface area contributed by atoms with Gasteiger partial charge < -0.3 is 19.5 Å². The highest BCUT2D eigenvalue weighted by Crippen LogP contribution is 2.27. The first-order valence-corrected chi connectivity index (χ1v) is 5.79. The molecule has 3 atom stereocenters. The van der Waals surface area contributed by atoms with E-state index in [4.69, 9.17) is 14.2 Å². The molecule has 3 unspecified atom stereocenters. The lowest BCUT2D eigenvalue weighted by Crippen LogP contribution is -2.60. The van der Waals surface area contributed by atoms with Crippen LogP contribution in [-0.4, -0.2) is 51.7 Å². The van der Waals surface area contributed by atoms with Gasteiger partial charge >= 0.3 is 0 Å². The van der Waals surface area contributed by atoms with E-state index in [1.54, 1.807) is 7.11 Å². The normalized spacial score (nSPS) is 30.2. The third kappa shape index (κ3) is 3.72. The van der Waals surface area contributed by atoms with E-state index in [0.717, 1.165) is 19.6 Å². The second-order valence-electron chi connectivity index (χ2n) is 3.72. The minimum atomic E-state index is 0.194. The van der Waals surface area contributed by atoms with E-state index >= 15 is 0 Å². The molecule has 0 aromatic carbocycles. The highest BCUT2D eigenvalue weighted by molar-refractivity contribution is 4.97. The Hall–Kier alpha value is -0.160. The predicted molar refractivity (Wildman–Crippen MR) is 59.1 cm³/mol. The molecule has 1 fully saturated rings. The van der Waals surface area contributed by atoms with Gasteiger partial charge in [0.1, 0.15) is 0 Å². The van der Waals surface area contributed by atoms with Crippen LogP contribution in [0.25, 0.3) is 0 Å². The van der Waals surface area contributed by atoms with Gasteiger partial charge in [-0.25, -0.2) is 0 Å². The van der Waals surface area contributed by atoms with Crippen molar-refractivity contribution in [2.45, 2.75) is 38.5 Å². The molecule has 1 N–H and O–H groups in total. The lowest BCUT2D eigenvalue weighted by atomic mass is 9.85. The molecular formula is C11H23NO3. The van der Waals surface area contributed by atoms with Crippen molar-refractivity contribution in [2.24, 2.45) is 0 Å². The summed E-state index contributed by atoms with van der Waals surface area (Å²) in [6.07, 6.45) is 1.51. The van der Waals surface area contributed by atoms with Gasteiger partial charge in [0, 0.05) is 19.8 Å². The second-order valence-corrected chi connectivity index (χ2v) is 3.72. The molecule has 0 radical (unpaired) electrons. The second kappa shape index (κ2) is 7.17. The zero-order valence-electron chi connectivity index (χ0n) is 9.99. The van der Waals surface area contributed by atoms with Crippen LogP contribution in [0, 0.1) is 0 Å². The third-order valence-electron chi connectivity index (χ3n) is 2.69. The van der Waals surface area contributed by atoms with Crippen molar-refractivity contribution in [2.75, 3.05) is 33.5 Å². The number of rotatable bonds is 8. The SMILES string of the molecule is CCNC1CC(OCC)C1OCCOC. The van der Waals surface area contributed by atoms with Crippen molar-refractivity contribution < 1.29 is 14.2 Å². The summed E-state index contributed by atoms with van der Waals surface area (Å²) < 4.78 is 16.3. The van der Waals surface area contributed by atoms with Gasteiger partial charge in [0.25, 0.3) is 0 Å². The zero-order chi connectivity index (χ0) is 11.1. The van der Waals surface area contributed by atoms with E-state index in [2.05, 4.69) is 12.2 Å². The van der Waals surface area contributed by atoms with Gasteiger partial charge in [-0.2, -0.15) is 0 Å². The van der Waals surface area contributed by atoms with Gasteiger partial charge in [0.2, 0.25) is 0 Å². The first-order chi connectivity index (χ1) is 7.33. The molecule has 1 aliphatic rings. The van der Waals surface area contributed by atoms with E-state index in [9.17, 15) is 0 Å². The molecule has 1 aliphatic carbocycles. The molecule has 1 saturated carbocycles. The van der Waals surface area contributed by atoms with Gasteiger partial charge in [-0.1, -0.05) is 6.92 Å². The number of methoxy groups -OCH3 is 1. The van der Waals surface area contributed by atoms with Gasteiger partial charge in [0.05, 0.1) is 25.4 Å². The Morgan fingerprint density at radius 2 is 2.00 bits per heavy atom. The van der Waals surface area contributed by atoms with Crippen molar-refractivity contribution in [3.8, 4) is 0 Å². The summed E-state index contributed by atoms with van der Waals surface area (Å²) >= 11 is 0. The molecule has 0 amide bonds. The van der Waals surface area contributed by atoms with Crippen LogP contribution in [0.5, 0.6) is 0 Å². The number of ether oxygens (including phenoxy) is 3. The topological polar surface area (TPSA) is 39.7 Å². The average Bonchev–Trinajstić information content (AvgIpc) is 2.23. The fraction of sp³-hybridized carbons (Fsp3) is 1.00. The Kier molecular flexibility index (Phi) is 6.17. The number of hydrogen-bond acceptors (Lipinski definition) is 4. The number of nitrogens with one attached hydrogen (secondary N) is 1. The smallest absolute Gasteiger partial charge is 0.0991 e. The number of hydrogen-bond donors (Lipinski definition) is 1. The Labute approximate surface area is 92.3 Å². The van der Waals surface area contributed by atoms with Gasteiger partial charge in [-0.3, -0.25) is 0 Å². The lowest BCUT2D eigenvalue weighted by Gasteiger charge is -2.44. The summed E-state index contributed by atoms with van der Waals surface area (Å²) in [7, 11) is 1.69. The Balaban J connectivity index is 2.24. The summed E-state index contributed by atoms with van der Waals surface area (Å²) in [5, 5.41) is 3.40. The summed E-state index contributed by atoms with van der Waals surface area (Å²) in [6.45, 7) is 7.16. The van der Waals surface area contributed by atoms with Crippen molar-refractivity contribution in [3.63, 3.8) is 0 Å². The predicted octanol–water partition coefficient (Wildman–Crippen LogP) is 0.805. The quantitative estimate of drug-likeness (QED) is 0.611. The van der Waals surface area contributed by atoms with E-state index in [-0.39, 0.29) is 12.2 Å². The maximum Gasteiger partial charge on any atom is 0.0991 e. The molecule has 90 valence electrons. The largest absolute Gasteiger partial charge is 0.382 e. The standard InChI is InChI=1S/C11H23NO3/c1-4-12-9-8-10(14-5-2)11(9)15-7-6-13-3/h9-12H,4-8H2,1-3H3. The first-order valence-electron chi connectivity index (χ1n) is 5.79.